The minimum atomic E-state index is -1.22. The van der Waals surface area contributed by atoms with Crippen LogP contribution < -0.4 is 0 Å². The molecule has 1 aromatic rings. The van der Waals surface area contributed by atoms with Crippen LogP contribution in [0.1, 0.15) is 73.7 Å². The molecule has 0 heterocycles. The molecule has 1 aromatic carbocycles. The summed E-state index contributed by atoms with van der Waals surface area (Å²) < 4.78 is 0. The van der Waals surface area contributed by atoms with Crippen molar-refractivity contribution in [1.29, 1.82) is 0 Å². The molecule has 22 heavy (non-hydrogen) atoms. The highest BCUT2D eigenvalue weighted by atomic mass is 16.3. The molecule has 0 radical (unpaired) electrons. The largest absolute Gasteiger partial charge is 0.380 e. The van der Waals surface area contributed by atoms with E-state index in [1.165, 1.54) is 0 Å². The summed E-state index contributed by atoms with van der Waals surface area (Å²) in [5.74, 6) is -0.176. The lowest BCUT2D eigenvalue weighted by molar-refractivity contribution is -0.124. The van der Waals surface area contributed by atoms with Crippen LogP contribution in [0.5, 0.6) is 0 Å². The highest BCUT2D eigenvalue weighted by Gasteiger charge is 2.39. The van der Waals surface area contributed by atoms with E-state index in [9.17, 15) is 14.7 Å². The number of Topliss-reactive ketones (excluding diaryl/α,β-unsaturated/α-hetero) is 2. The molecule has 2 aliphatic rings. The molecular formula is C19H22O3. The number of carbonyl (C=O) groups excluding carboxylic acids is 2. The van der Waals surface area contributed by atoms with E-state index >= 15 is 0 Å². The van der Waals surface area contributed by atoms with E-state index in [0.29, 0.717) is 23.1 Å². The zero-order valence-corrected chi connectivity index (χ0v) is 13.6. The molecule has 0 fully saturated rings. The maximum Gasteiger partial charge on any atom is 0.192 e. The van der Waals surface area contributed by atoms with Crippen molar-refractivity contribution in [3.8, 4) is 0 Å². The number of fused-ring (bicyclic) bond motifs is 3. The van der Waals surface area contributed by atoms with E-state index in [2.05, 4.69) is 13.8 Å². The zero-order valence-electron chi connectivity index (χ0n) is 13.6. The molecule has 0 saturated heterocycles. The van der Waals surface area contributed by atoms with Gasteiger partial charge in [-0.1, -0.05) is 39.8 Å². The van der Waals surface area contributed by atoms with Crippen LogP contribution in [0.25, 0.3) is 6.08 Å². The molecule has 0 bridgehead atoms. The summed E-state index contributed by atoms with van der Waals surface area (Å²) in [4.78, 5) is 24.9. The normalized spacial score (nSPS) is 23.2. The fourth-order valence-corrected chi connectivity index (χ4v) is 3.58. The lowest BCUT2D eigenvalue weighted by atomic mass is 9.68. The second-order valence-corrected chi connectivity index (χ2v) is 7.32. The smallest absolute Gasteiger partial charge is 0.192 e. The highest BCUT2D eigenvalue weighted by Crippen LogP contribution is 2.43. The van der Waals surface area contributed by atoms with Crippen molar-refractivity contribution in [2.24, 2.45) is 5.92 Å². The third-order valence-electron chi connectivity index (χ3n) is 5.00. The third kappa shape index (κ3) is 2.07. The predicted octanol–water partition coefficient (Wildman–Crippen LogP) is 3.60. The topological polar surface area (TPSA) is 54.4 Å². The van der Waals surface area contributed by atoms with Gasteiger partial charge in [0.2, 0.25) is 0 Å². The number of benzene rings is 1. The molecule has 116 valence electrons. The Morgan fingerprint density at radius 3 is 2.55 bits per heavy atom. The Morgan fingerprint density at radius 1 is 1.23 bits per heavy atom. The Morgan fingerprint density at radius 2 is 1.91 bits per heavy atom. The minimum Gasteiger partial charge on any atom is -0.380 e. The van der Waals surface area contributed by atoms with Crippen molar-refractivity contribution < 1.29 is 14.7 Å². The average molecular weight is 298 g/mol. The van der Waals surface area contributed by atoms with Crippen molar-refractivity contribution >= 4 is 17.6 Å². The lowest BCUT2D eigenvalue weighted by Gasteiger charge is -2.35. The van der Waals surface area contributed by atoms with Crippen LogP contribution >= 0.6 is 0 Å². The Bertz CT molecular complexity index is 708. The first-order chi connectivity index (χ1) is 10.2. The average Bonchev–Trinajstić information content (AvgIpc) is 2.45. The number of ketones is 2. The zero-order chi connectivity index (χ0) is 16.2. The van der Waals surface area contributed by atoms with Crippen LogP contribution in [0, 0.1) is 5.92 Å². The summed E-state index contributed by atoms with van der Waals surface area (Å²) >= 11 is 0. The van der Waals surface area contributed by atoms with Crippen molar-refractivity contribution in [1.82, 2.24) is 0 Å². The van der Waals surface area contributed by atoms with Crippen LogP contribution in [0.2, 0.25) is 0 Å². The first-order valence-corrected chi connectivity index (χ1v) is 7.88. The van der Waals surface area contributed by atoms with Gasteiger partial charge in [-0.3, -0.25) is 9.59 Å². The van der Waals surface area contributed by atoms with Gasteiger partial charge in [-0.15, -0.1) is 0 Å². The molecule has 2 aliphatic carbocycles. The van der Waals surface area contributed by atoms with Crippen LogP contribution in [0.4, 0.5) is 0 Å². The first kappa shape index (κ1) is 15.2. The number of hydrogen-bond acceptors (Lipinski definition) is 3. The highest BCUT2D eigenvalue weighted by molar-refractivity contribution is 6.10. The summed E-state index contributed by atoms with van der Waals surface area (Å²) in [5.41, 5.74) is 3.38. The molecule has 0 amide bonds. The van der Waals surface area contributed by atoms with E-state index in [-0.39, 0.29) is 22.9 Å². The molecule has 0 aliphatic heterocycles. The second kappa shape index (κ2) is 4.88. The van der Waals surface area contributed by atoms with Gasteiger partial charge >= 0.3 is 0 Å². The summed E-state index contributed by atoms with van der Waals surface area (Å²) in [5, 5.41) is 10.6. The minimum absolute atomic E-state index is 0.0411. The van der Waals surface area contributed by atoms with Crippen LogP contribution in [-0.2, 0) is 10.2 Å². The van der Waals surface area contributed by atoms with Crippen molar-refractivity contribution in [2.75, 3.05) is 0 Å². The van der Waals surface area contributed by atoms with Gasteiger partial charge in [-0.2, -0.15) is 0 Å². The Balaban J connectivity index is 2.30. The van der Waals surface area contributed by atoms with Crippen LogP contribution in [-0.4, -0.2) is 16.7 Å². The quantitative estimate of drug-likeness (QED) is 0.862. The third-order valence-corrected chi connectivity index (χ3v) is 5.00. The van der Waals surface area contributed by atoms with E-state index in [0.717, 1.165) is 17.5 Å². The maximum atomic E-state index is 12.5. The van der Waals surface area contributed by atoms with E-state index in [4.69, 9.17) is 0 Å². The molecule has 3 heteroatoms. The van der Waals surface area contributed by atoms with Crippen molar-refractivity contribution in [3.63, 3.8) is 0 Å². The molecule has 3 nitrogen and oxygen atoms in total. The molecule has 1 N–H and O–H groups in total. The molecule has 0 saturated carbocycles. The van der Waals surface area contributed by atoms with Gasteiger partial charge in [0.25, 0.3) is 0 Å². The van der Waals surface area contributed by atoms with Gasteiger partial charge in [-0.25, -0.2) is 0 Å². The van der Waals surface area contributed by atoms with Crippen LogP contribution in [0.15, 0.2) is 17.7 Å². The SMILES string of the molecule is CC(C)C1=Cc2ccc3c(c2[C@@H](O)C1=O)C(=O)CCC3(C)C. The summed E-state index contributed by atoms with van der Waals surface area (Å²) in [6.45, 7) is 8.09. The molecule has 0 aromatic heterocycles. The van der Waals surface area contributed by atoms with Gasteiger partial charge in [0.1, 0.15) is 6.10 Å². The number of aliphatic hydroxyl groups excluding tert-OH is 1. The summed E-state index contributed by atoms with van der Waals surface area (Å²) in [6, 6.07) is 3.93. The van der Waals surface area contributed by atoms with E-state index in [1.807, 2.05) is 32.1 Å². The van der Waals surface area contributed by atoms with Crippen molar-refractivity contribution in [2.45, 2.75) is 52.1 Å². The number of hydrogen-bond donors (Lipinski definition) is 1. The monoisotopic (exact) mass is 298 g/mol. The standard InChI is InChI=1S/C19H22O3/c1-10(2)12-9-11-5-6-13-16(15(11)18(22)17(12)21)14(20)7-8-19(13,3)4/h5-6,9-10,18,22H,7-8H2,1-4H3/t18-/m1/s1. The molecule has 3 rings (SSSR count). The molecule has 0 spiro atoms. The summed E-state index contributed by atoms with van der Waals surface area (Å²) in [6.07, 6.45) is 1.89. The van der Waals surface area contributed by atoms with Gasteiger partial charge in [0.05, 0.1) is 0 Å². The molecule has 0 unspecified atom stereocenters. The Labute approximate surface area is 131 Å². The second-order valence-electron chi connectivity index (χ2n) is 7.32. The predicted molar refractivity (Wildman–Crippen MR) is 85.8 cm³/mol. The summed E-state index contributed by atoms with van der Waals surface area (Å²) in [7, 11) is 0. The van der Waals surface area contributed by atoms with Gasteiger partial charge in [0, 0.05) is 23.1 Å². The van der Waals surface area contributed by atoms with Gasteiger partial charge < -0.3 is 5.11 Å². The van der Waals surface area contributed by atoms with Gasteiger partial charge in [0.15, 0.2) is 11.6 Å². The number of carbonyl (C=O) groups is 2. The van der Waals surface area contributed by atoms with E-state index < -0.39 is 6.10 Å². The fraction of sp³-hybridized carbons (Fsp3) is 0.474. The number of rotatable bonds is 1. The fourth-order valence-electron chi connectivity index (χ4n) is 3.58. The Kier molecular flexibility index (Phi) is 3.37. The molecule has 1 atom stereocenters. The Hall–Kier alpha value is -1.74. The maximum absolute atomic E-state index is 12.5. The van der Waals surface area contributed by atoms with E-state index in [1.54, 1.807) is 0 Å². The molecular weight excluding hydrogens is 276 g/mol. The van der Waals surface area contributed by atoms with Gasteiger partial charge in [-0.05, 0) is 35.0 Å². The van der Waals surface area contributed by atoms with Crippen LogP contribution in [0.3, 0.4) is 0 Å². The number of aliphatic hydroxyl groups is 1. The first-order valence-electron chi connectivity index (χ1n) is 7.88. The van der Waals surface area contributed by atoms with Crippen molar-refractivity contribution in [3.05, 3.63) is 40.0 Å². The lowest BCUT2D eigenvalue weighted by Crippen LogP contribution is -2.32.